The van der Waals surface area contributed by atoms with Gasteiger partial charge in [0.15, 0.2) is 0 Å². The van der Waals surface area contributed by atoms with E-state index in [1.807, 2.05) is 30.3 Å². The first-order valence-electron chi connectivity index (χ1n) is 6.85. The van der Waals surface area contributed by atoms with Crippen LogP contribution < -0.4 is 0 Å². The van der Waals surface area contributed by atoms with Gasteiger partial charge in [0.2, 0.25) is 0 Å². The maximum absolute atomic E-state index is 12.1. The molecule has 2 aliphatic heterocycles. The Kier molecular flexibility index (Phi) is 3.82. The summed E-state index contributed by atoms with van der Waals surface area (Å²) in [6, 6.07) is 9.43. The summed E-state index contributed by atoms with van der Waals surface area (Å²) in [4.78, 5) is 12.1. The minimum absolute atomic E-state index is 0.212. The minimum atomic E-state index is -0.428. The van der Waals surface area contributed by atoms with Gasteiger partial charge in [0.05, 0.1) is 12.0 Å². The van der Waals surface area contributed by atoms with Crippen molar-refractivity contribution in [1.82, 2.24) is 0 Å². The zero-order chi connectivity index (χ0) is 14.2. The number of carbonyl (C=O) groups is 1. The van der Waals surface area contributed by atoms with E-state index in [1.54, 1.807) is 11.8 Å². The predicted molar refractivity (Wildman–Crippen MR) is 79.6 cm³/mol. The van der Waals surface area contributed by atoms with Crippen LogP contribution in [0.4, 0.5) is 0 Å². The van der Waals surface area contributed by atoms with Gasteiger partial charge < -0.3 is 9.47 Å². The highest BCUT2D eigenvalue weighted by Gasteiger charge is 2.57. The van der Waals surface area contributed by atoms with E-state index in [9.17, 15) is 4.79 Å². The highest BCUT2D eigenvalue weighted by atomic mass is 32.2. The third kappa shape index (κ3) is 2.49. The van der Waals surface area contributed by atoms with Crippen molar-refractivity contribution in [1.29, 1.82) is 0 Å². The first kappa shape index (κ1) is 14.0. The van der Waals surface area contributed by atoms with Gasteiger partial charge in [0.1, 0.15) is 14.5 Å². The molecule has 4 atom stereocenters. The molecule has 0 amide bonds. The first-order chi connectivity index (χ1) is 9.61. The van der Waals surface area contributed by atoms with Crippen LogP contribution >= 0.6 is 11.8 Å². The van der Waals surface area contributed by atoms with Gasteiger partial charge in [-0.05, 0) is 5.56 Å². The third-order valence-corrected chi connectivity index (χ3v) is 5.94. The van der Waals surface area contributed by atoms with Gasteiger partial charge in [-0.25, -0.2) is 0 Å². The molecule has 2 saturated heterocycles. The lowest BCUT2D eigenvalue weighted by Crippen LogP contribution is -2.39. The summed E-state index contributed by atoms with van der Waals surface area (Å²) in [7, 11) is 5.94. The average Bonchev–Trinajstić information content (AvgIpc) is 2.86. The van der Waals surface area contributed by atoms with Gasteiger partial charge in [-0.1, -0.05) is 37.3 Å². The van der Waals surface area contributed by atoms with E-state index < -0.39 is 5.60 Å². The fourth-order valence-corrected chi connectivity index (χ4v) is 4.65. The number of carbonyl (C=O) groups excluding carboxylic acids is 1. The molecule has 1 aromatic carbocycles. The van der Waals surface area contributed by atoms with Crippen LogP contribution in [0.1, 0.15) is 18.9 Å². The SMILES string of the molecule is [B][C@@H]1O[C@@]2(CC(=O)OCc3ccccc3)CSC1[C@H]2C. The Hall–Kier alpha value is -0.935. The zero-order valence-corrected chi connectivity index (χ0v) is 12.3. The summed E-state index contributed by atoms with van der Waals surface area (Å²) < 4.78 is 11.2. The number of benzene rings is 1. The molecule has 0 saturated carbocycles. The van der Waals surface area contributed by atoms with Crippen molar-refractivity contribution in [2.45, 2.75) is 36.8 Å². The quantitative estimate of drug-likeness (QED) is 0.628. The molecule has 0 N–H and O–H groups in total. The molecule has 3 rings (SSSR count). The molecule has 0 aromatic heterocycles. The summed E-state index contributed by atoms with van der Waals surface area (Å²) in [5, 5.41) is 0.303. The normalized spacial score (nSPS) is 35.1. The van der Waals surface area contributed by atoms with Crippen molar-refractivity contribution in [3.05, 3.63) is 35.9 Å². The lowest BCUT2D eigenvalue weighted by molar-refractivity contribution is -0.151. The maximum Gasteiger partial charge on any atom is 0.309 e. The molecule has 2 aliphatic rings. The Labute approximate surface area is 124 Å². The number of thioether (sulfide) groups is 1. The number of rotatable bonds is 4. The van der Waals surface area contributed by atoms with Crippen LogP contribution in [-0.2, 0) is 20.9 Å². The Balaban J connectivity index is 1.57. The molecule has 2 heterocycles. The van der Waals surface area contributed by atoms with Gasteiger partial charge in [0, 0.05) is 22.9 Å². The largest absolute Gasteiger partial charge is 0.461 e. The van der Waals surface area contributed by atoms with Crippen molar-refractivity contribution in [2.75, 3.05) is 5.75 Å². The second-order valence-electron chi connectivity index (χ2n) is 5.53. The smallest absolute Gasteiger partial charge is 0.309 e. The summed E-state index contributed by atoms with van der Waals surface area (Å²) in [5.41, 5.74) is 0.566. The number of hydrogen-bond acceptors (Lipinski definition) is 4. The number of fused-ring (bicyclic) bond motifs is 2. The molecule has 20 heavy (non-hydrogen) atoms. The first-order valence-corrected chi connectivity index (χ1v) is 7.90. The van der Waals surface area contributed by atoms with Crippen molar-refractivity contribution in [3.8, 4) is 0 Å². The van der Waals surface area contributed by atoms with Crippen LogP contribution in [-0.4, -0.2) is 36.4 Å². The third-order valence-electron chi connectivity index (χ3n) is 4.22. The van der Waals surface area contributed by atoms with E-state index in [4.69, 9.17) is 17.3 Å². The van der Waals surface area contributed by atoms with E-state index in [0.29, 0.717) is 17.8 Å². The number of ether oxygens (including phenoxy) is 2. The van der Waals surface area contributed by atoms with E-state index in [2.05, 4.69) is 6.92 Å². The Morgan fingerprint density at radius 1 is 1.50 bits per heavy atom. The van der Waals surface area contributed by atoms with Gasteiger partial charge in [-0.3, -0.25) is 4.79 Å². The van der Waals surface area contributed by atoms with Crippen molar-refractivity contribution in [3.63, 3.8) is 0 Å². The maximum atomic E-state index is 12.1. The Morgan fingerprint density at radius 2 is 2.25 bits per heavy atom. The molecule has 1 aromatic rings. The fourth-order valence-electron chi connectivity index (χ4n) is 2.96. The summed E-state index contributed by atoms with van der Waals surface area (Å²) in [5.74, 6) is 0.912. The molecule has 2 bridgehead atoms. The van der Waals surface area contributed by atoms with E-state index in [0.717, 1.165) is 11.3 Å². The van der Waals surface area contributed by atoms with Gasteiger partial charge in [-0.15, -0.1) is 0 Å². The molecular formula is C15H17BO3S. The molecule has 1 unspecified atom stereocenters. The molecule has 5 heteroatoms. The van der Waals surface area contributed by atoms with Crippen LogP contribution in [0.3, 0.4) is 0 Å². The van der Waals surface area contributed by atoms with Crippen LogP contribution in [0.2, 0.25) is 0 Å². The lowest BCUT2D eigenvalue weighted by atomic mass is 9.84. The van der Waals surface area contributed by atoms with Crippen molar-refractivity contribution >= 4 is 25.6 Å². The standard InChI is InChI=1S/C15H17BO3S/c1-10-13-14(16)19-15(10,9-20-13)7-12(17)18-8-11-5-3-2-4-6-11/h2-6,10,13-14H,7-9H2,1H3/t10-,13?,14-,15+/m1/s1. The van der Waals surface area contributed by atoms with Gasteiger partial charge in [-0.2, -0.15) is 11.8 Å². The van der Waals surface area contributed by atoms with E-state index >= 15 is 0 Å². The topological polar surface area (TPSA) is 35.5 Å². The fraction of sp³-hybridized carbons (Fsp3) is 0.533. The van der Waals surface area contributed by atoms with Gasteiger partial charge >= 0.3 is 5.97 Å². The number of esters is 1. The molecule has 3 nitrogen and oxygen atoms in total. The van der Waals surface area contributed by atoms with E-state index in [-0.39, 0.29) is 18.4 Å². The van der Waals surface area contributed by atoms with Crippen LogP contribution in [0.15, 0.2) is 30.3 Å². The summed E-state index contributed by atoms with van der Waals surface area (Å²) in [6.45, 7) is 2.43. The second kappa shape index (κ2) is 5.45. The van der Waals surface area contributed by atoms with Gasteiger partial charge in [0.25, 0.3) is 0 Å². The highest BCUT2D eigenvalue weighted by molar-refractivity contribution is 8.00. The second-order valence-corrected chi connectivity index (χ2v) is 6.70. The predicted octanol–water partition coefficient (Wildman–Crippen LogP) is 2.13. The minimum Gasteiger partial charge on any atom is -0.461 e. The van der Waals surface area contributed by atoms with Crippen molar-refractivity contribution < 1.29 is 14.3 Å². The summed E-state index contributed by atoms with van der Waals surface area (Å²) >= 11 is 1.81. The average molecular weight is 288 g/mol. The molecule has 2 radical (unpaired) electrons. The Bertz CT molecular complexity index is 495. The van der Waals surface area contributed by atoms with Crippen LogP contribution in [0.25, 0.3) is 0 Å². The zero-order valence-electron chi connectivity index (χ0n) is 11.5. The molecule has 2 fully saturated rings. The molecule has 0 aliphatic carbocycles. The monoisotopic (exact) mass is 288 g/mol. The van der Waals surface area contributed by atoms with Crippen LogP contribution in [0.5, 0.6) is 0 Å². The Morgan fingerprint density at radius 3 is 2.85 bits per heavy atom. The van der Waals surface area contributed by atoms with Crippen molar-refractivity contribution in [2.24, 2.45) is 5.92 Å². The van der Waals surface area contributed by atoms with E-state index in [1.165, 1.54) is 0 Å². The molecular weight excluding hydrogens is 271 g/mol. The van der Waals surface area contributed by atoms with Crippen LogP contribution in [0, 0.1) is 5.92 Å². The summed E-state index contributed by atoms with van der Waals surface area (Å²) in [6.07, 6.45) is 0.290. The lowest BCUT2D eigenvalue weighted by Gasteiger charge is -2.30. The molecule has 0 spiro atoms. The molecule has 104 valence electrons. The number of hydrogen-bond donors (Lipinski definition) is 0. The highest BCUT2D eigenvalue weighted by Crippen LogP contribution is 2.52.